The summed E-state index contributed by atoms with van der Waals surface area (Å²) >= 11 is 5.80. The highest BCUT2D eigenvalue weighted by Crippen LogP contribution is 2.13. The zero-order valence-corrected chi connectivity index (χ0v) is 19.7. The van der Waals surface area contributed by atoms with Gasteiger partial charge in [0.05, 0.1) is 4.91 Å². The fraction of sp³-hybridized carbons (Fsp3) is 0.167. The molecule has 31 heavy (non-hydrogen) atoms. The summed E-state index contributed by atoms with van der Waals surface area (Å²) in [6.45, 7) is 12.7. The van der Waals surface area contributed by atoms with Crippen LogP contribution in [0, 0.1) is 0 Å². The second kappa shape index (κ2) is 15.0. The molecule has 0 radical (unpaired) electrons. The van der Waals surface area contributed by atoms with Crippen LogP contribution in [0.4, 0.5) is 5.69 Å². The Labute approximate surface area is 194 Å². The minimum absolute atomic E-state index is 0.291. The molecule has 7 heteroatoms. The van der Waals surface area contributed by atoms with E-state index in [4.69, 9.17) is 5.73 Å². The van der Waals surface area contributed by atoms with Gasteiger partial charge < -0.3 is 16.4 Å². The van der Waals surface area contributed by atoms with Crippen molar-refractivity contribution in [2.24, 2.45) is 10.7 Å². The monoisotopic (exact) mass is 454 g/mol. The van der Waals surface area contributed by atoms with Crippen LogP contribution >= 0.6 is 24.0 Å². The van der Waals surface area contributed by atoms with E-state index in [2.05, 4.69) is 58.2 Å². The number of thiophene rings is 1. The number of hydrogen-bond acceptors (Lipinski definition) is 5. The minimum atomic E-state index is -0.294. The third kappa shape index (κ3) is 10.6. The molecule has 0 bridgehead atoms. The van der Waals surface area contributed by atoms with Crippen molar-refractivity contribution in [3.63, 3.8) is 0 Å². The SMILES string of the molecule is C=C/C=C(\S)C(=O)Nc1ccc(C(N)=N/C(C)=C/C)cc1.C=CCNCc1ccsc1. The summed E-state index contributed by atoms with van der Waals surface area (Å²) in [5.41, 5.74) is 9.55. The summed E-state index contributed by atoms with van der Waals surface area (Å²) in [5.74, 6) is 0.141. The molecule has 2 rings (SSSR count). The van der Waals surface area contributed by atoms with Crippen molar-refractivity contribution in [2.75, 3.05) is 11.9 Å². The number of amides is 1. The van der Waals surface area contributed by atoms with Crippen LogP contribution in [-0.4, -0.2) is 18.3 Å². The Kier molecular flexibility index (Phi) is 12.7. The van der Waals surface area contributed by atoms with Crippen molar-refractivity contribution in [2.45, 2.75) is 20.4 Å². The minimum Gasteiger partial charge on any atom is -0.383 e. The molecule has 1 amide bonds. The molecule has 164 valence electrons. The van der Waals surface area contributed by atoms with Gasteiger partial charge in [0.2, 0.25) is 0 Å². The van der Waals surface area contributed by atoms with E-state index in [1.54, 1.807) is 35.6 Å². The van der Waals surface area contributed by atoms with Gasteiger partial charge in [0.15, 0.2) is 0 Å². The molecule has 4 N–H and O–H groups in total. The third-order valence-corrected chi connectivity index (χ3v) is 4.94. The lowest BCUT2D eigenvalue weighted by atomic mass is 10.2. The maximum atomic E-state index is 11.7. The van der Waals surface area contributed by atoms with E-state index in [0.717, 1.165) is 24.4 Å². The Bertz CT molecular complexity index is 927. The van der Waals surface area contributed by atoms with Crippen LogP contribution in [-0.2, 0) is 11.3 Å². The van der Waals surface area contributed by atoms with Crippen LogP contribution in [0.3, 0.4) is 0 Å². The Morgan fingerprint density at radius 3 is 2.52 bits per heavy atom. The average Bonchev–Trinajstić information content (AvgIpc) is 3.28. The zero-order valence-electron chi connectivity index (χ0n) is 18.0. The summed E-state index contributed by atoms with van der Waals surface area (Å²) in [5, 5.41) is 10.2. The number of hydrogen-bond donors (Lipinski definition) is 4. The quantitative estimate of drug-likeness (QED) is 0.0792. The van der Waals surface area contributed by atoms with Crippen molar-refractivity contribution in [3.8, 4) is 0 Å². The highest BCUT2D eigenvalue weighted by molar-refractivity contribution is 7.85. The van der Waals surface area contributed by atoms with Crippen molar-refractivity contribution >= 4 is 41.4 Å². The highest BCUT2D eigenvalue weighted by Gasteiger charge is 2.05. The number of carbonyl (C=O) groups excluding carboxylic acids is 1. The summed E-state index contributed by atoms with van der Waals surface area (Å²) in [6.07, 6.45) is 6.77. The van der Waals surface area contributed by atoms with E-state index in [9.17, 15) is 4.79 Å². The standard InChI is InChI=1S/C16H19N3OS.C8H11NS/c1-4-6-14(21)16(20)19-13-9-7-12(8-10-13)15(17)18-11(3)5-2;1-2-4-9-6-8-3-5-10-7-8/h4-10,21H,1H2,2-3H3,(H2,17,18)(H,19,20);2-3,5,7,9H,1,4,6H2/b11-5+,14-6-;. The van der Waals surface area contributed by atoms with Crippen LogP contribution in [0.5, 0.6) is 0 Å². The predicted molar refractivity (Wildman–Crippen MR) is 139 cm³/mol. The number of nitrogens with one attached hydrogen (secondary N) is 2. The lowest BCUT2D eigenvalue weighted by molar-refractivity contribution is -0.112. The molecule has 1 aromatic heterocycles. The third-order valence-electron chi connectivity index (χ3n) is 3.86. The molecule has 0 fully saturated rings. The maximum absolute atomic E-state index is 11.7. The van der Waals surface area contributed by atoms with Crippen LogP contribution in [0.15, 0.2) is 94.1 Å². The number of anilines is 1. The van der Waals surface area contributed by atoms with Gasteiger partial charge in [-0.25, -0.2) is 4.99 Å². The van der Waals surface area contributed by atoms with Gasteiger partial charge in [-0.05, 0) is 66.6 Å². The van der Waals surface area contributed by atoms with E-state index < -0.39 is 0 Å². The van der Waals surface area contributed by atoms with Crippen molar-refractivity contribution in [3.05, 3.63) is 100 Å². The number of nitrogens with two attached hydrogens (primary N) is 1. The number of carbonyl (C=O) groups is 1. The first-order valence-electron chi connectivity index (χ1n) is 9.64. The lowest BCUT2D eigenvalue weighted by Crippen LogP contribution is -2.14. The number of allylic oxidation sites excluding steroid dienone is 4. The van der Waals surface area contributed by atoms with Crippen LogP contribution in [0.25, 0.3) is 0 Å². The van der Waals surface area contributed by atoms with Gasteiger partial charge in [0.1, 0.15) is 5.84 Å². The van der Waals surface area contributed by atoms with Crippen LogP contribution < -0.4 is 16.4 Å². The molecule has 2 aromatic rings. The predicted octanol–water partition coefficient (Wildman–Crippen LogP) is 5.28. The van der Waals surface area contributed by atoms with Gasteiger partial charge >= 0.3 is 0 Å². The molecular weight excluding hydrogens is 424 g/mol. The van der Waals surface area contributed by atoms with E-state index >= 15 is 0 Å². The van der Waals surface area contributed by atoms with E-state index in [1.165, 1.54) is 17.7 Å². The molecule has 1 heterocycles. The molecule has 0 saturated heterocycles. The van der Waals surface area contributed by atoms with Crippen LogP contribution in [0.1, 0.15) is 25.0 Å². The normalized spacial score (nSPS) is 11.9. The molecule has 0 aliphatic carbocycles. The average molecular weight is 455 g/mol. The number of thiol groups is 1. The summed E-state index contributed by atoms with van der Waals surface area (Å²) in [7, 11) is 0. The van der Waals surface area contributed by atoms with Crippen molar-refractivity contribution in [1.29, 1.82) is 0 Å². The van der Waals surface area contributed by atoms with E-state index in [1.807, 2.05) is 26.0 Å². The van der Waals surface area contributed by atoms with Gasteiger partial charge in [-0.2, -0.15) is 11.3 Å². The van der Waals surface area contributed by atoms with E-state index in [-0.39, 0.29) is 5.91 Å². The van der Waals surface area contributed by atoms with Gasteiger partial charge in [0, 0.05) is 30.0 Å². The summed E-state index contributed by atoms with van der Waals surface area (Å²) in [6, 6.07) is 9.24. The van der Waals surface area contributed by atoms with Gasteiger partial charge in [-0.3, -0.25) is 4.79 Å². The molecular formula is C24H30N4OS2. The fourth-order valence-electron chi connectivity index (χ4n) is 2.14. The molecule has 0 atom stereocenters. The number of rotatable bonds is 9. The maximum Gasteiger partial charge on any atom is 0.261 e. The zero-order chi connectivity index (χ0) is 23.1. The first-order valence-corrected chi connectivity index (χ1v) is 11.0. The Hall–Kier alpha value is -2.87. The van der Waals surface area contributed by atoms with Gasteiger partial charge in [0.25, 0.3) is 5.91 Å². The number of benzene rings is 1. The summed E-state index contributed by atoms with van der Waals surface area (Å²) < 4.78 is 0. The van der Waals surface area contributed by atoms with Gasteiger partial charge in [-0.1, -0.05) is 24.8 Å². The molecule has 0 aliphatic rings. The number of aliphatic imine (C=N–C) groups is 1. The molecule has 1 aromatic carbocycles. The molecule has 0 saturated carbocycles. The fourth-order valence-corrected chi connectivity index (χ4v) is 2.97. The molecule has 0 spiro atoms. The topological polar surface area (TPSA) is 79.5 Å². The van der Waals surface area contributed by atoms with Crippen LogP contribution in [0.2, 0.25) is 0 Å². The highest BCUT2D eigenvalue weighted by atomic mass is 32.1. The second-order valence-electron chi connectivity index (χ2n) is 6.30. The number of nitrogens with zero attached hydrogens (tertiary/aromatic N) is 1. The lowest BCUT2D eigenvalue weighted by Gasteiger charge is -2.06. The molecule has 0 unspecified atom stereocenters. The first kappa shape index (κ1) is 26.2. The molecule has 5 nitrogen and oxygen atoms in total. The van der Waals surface area contributed by atoms with Gasteiger partial charge in [-0.15, -0.1) is 19.2 Å². The Morgan fingerprint density at radius 2 is 1.97 bits per heavy atom. The summed E-state index contributed by atoms with van der Waals surface area (Å²) in [4.78, 5) is 16.3. The second-order valence-corrected chi connectivity index (χ2v) is 7.56. The first-order chi connectivity index (χ1) is 14.9. The largest absolute Gasteiger partial charge is 0.383 e. The Morgan fingerprint density at radius 1 is 1.26 bits per heavy atom. The van der Waals surface area contributed by atoms with Crippen molar-refractivity contribution in [1.82, 2.24) is 5.32 Å². The number of amidine groups is 1. The van der Waals surface area contributed by atoms with Crippen molar-refractivity contribution < 1.29 is 4.79 Å². The van der Waals surface area contributed by atoms with E-state index in [0.29, 0.717) is 16.4 Å². The molecule has 0 aliphatic heterocycles. The Balaban J connectivity index is 0.000000399. The smallest absolute Gasteiger partial charge is 0.261 e.